The van der Waals surface area contributed by atoms with Gasteiger partial charge in [0.1, 0.15) is 0 Å². The highest BCUT2D eigenvalue weighted by Crippen LogP contribution is 2.37. The number of likely N-dealkylation sites (tertiary alicyclic amines) is 1. The van der Waals surface area contributed by atoms with Crippen molar-refractivity contribution < 1.29 is 18.3 Å². The second-order valence-corrected chi connectivity index (χ2v) is 6.58. The van der Waals surface area contributed by atoms with Crippen molar-refractivity contribution in [2.24, 2.45) is 11.8 Å². The molecule has 0 unspecified atom stereocenters. The molecule has 0 aromatic rings. The summed E-state index contributed by atoms with van der Waals surface area (Å²) in [6.45, 7) is 2.14. The summed E-state index contributed by atoms with van der Waals surface area (Å²) in [6.07, 6.45) is 4.91. The number of amides is 1. The predicted octanol–water partition coefficient (Wildman–Crippen LogP) is 3.48. The van der Waals surface area contributed by atoms with E-state index in [2.05, 4.69) is 0 Å². The topological polar surface area (TPSA) is 29.5 Å². The molecule has 0 N–H and O–H groups in total. The van der Waals surface area contributed by atoms with Crippen molar-refractivity contribution in [2.75, 3.05) is 26.8 Å². The highest BCUT2D eigenvalue weighted by Gasteiger charge is 2.40. The maximum absolute atomic E-state index is 13.5. The van der Waals surface area contributed by atoms with Gasteiger partial charge in [-0.1, -0.05) is 6.42 Å². The van der Waals surface area contributed by atoms with Crippen molar-refractivity contribution in [1.29, 1.82) is 0 Å². The van der Waals surface area contributed by atoms with Crippen molar-refractivity contribution in [2.45, 2.75) is 57.3 Å². The monoisotopic (exact) mass is 303 g/mol. The van der Waals surface area contributed by atoms with E-state index in [1.807, 2.05) is 4.90 Å². The van der Waals surface area contributed by atoms with Gasteiger partial charge in [0, 0.05) is 45.6 Å². The van der Waals surface area contributed by atoms with Gasteiger partial charge in [0.25, 0.3) is 0 Å². The lowest BCUT2D eigenvalue weighted by atomic mass is 9.85. The second-order valence-electron chi connectivity index (χ2n) is 6.58. The Kier molecular flexibility index (Phi) is 5.97. The molecule has 2 aliphatic rings. The van der Waals surface area contributed by atoms with Crippen LogP contribution in [0.15, 0.2) is 0 Å². The molecule has 1 amide bonds. The van der Waals surface area contributed by atoms with Gasteiger partial charge in [0.2, 0.25) is 11.8 Å². The number of ether oxygens (including phenoxy) is 1. The number of carbonyl (C=O) groups excluding carboxylic acids is 1. The van der Waals surface area contributed by atoms with Crippen LogP contribution < -0.4 is 0 Å². The Balaban J connectivity index is 1.93. The third-order valence-electron chi connectivity index (χ3n) is 4.80. The molecule has 0 aromatic carbocycles. The maximum Gasteiger partial charge on any atom is 0.248 e. The molecule has 21 heavy (non-hydrogen) atoms. The smallest absolute Gasteiger partial charge is 0.248 e. The number of hydrogen-bond donors (Lipinski definition) is 0. The van der Waals surface area contributed by atoms with Crippen LogP contribution in [0.2, 0.25) is 0 Å². The summed E-state index contributed by atoms with van der Waals surface area (Å²) in [7, 11) is 1.68. The minimum atomic E-state index is -2.65. The zero-order valence-corrected chi connectivity index (χ0v) is 13.0. The molecule has 1 saturated carbocycles. The molecule has 0 spiro atoms. The van der Waals surface area contributed by atoms with Gasteiger partial charge >= 0.3 is 0 Å². The molecule has 2 rings (SSSR count). The van der Waals surface area contributed by atoms with E-state index in [1.54, 1.807) is 7.11 Å². The predicted molar refractivity (Wildman–Crippen MR) is 77.3 cm³/mol. The maximum atomic E-state index is 13.5. The first kappa shape index (κ1) is 16.7. The minimum Gasteiger partial charge on any atom is -0.385 e. The van der Waals surface area contributed by atoms with Gasteiger partial charge < -0.3 is 9.64 Å². The Morgan fingerprint density at radius 2 is 2.10 bits per heavy atom. The molecule has 0 bridgehead atoms. The van der Waals surface area contributed by atoms with E-state index in [9.17, 15) is 13.6 Å². The first-order valence-corrected chi connectivity index (χ1v) is 8.17. The van der Waals surface area contributed by atoms with Gasteiger partial charge in [0.15, 0.2) is 0 Å². The van der Waals surface area contributed by atoms with E-state index >= 15 is 0 Å². The molecule has 1 aliphatic heterocycles. The van der Waals surface area contributed by atoms with E-state index in [1.165, 1.54) is 0 Å². The molecular formula is C16H27F2NO2. The Bertz CT molecular complexity index is 349. The lowest BCUT2D eigenvalue weighted by Crippen LogP contribution is -2.42. The number of carbonyl (C=O) groups is 1. The van der Waals surface area contributed by atoms with Crippen molar-refractivity contribution in [3.05, 3.63) is 0 Å². The van der Waals surface area contributed by atoms with E-state index in [0.29, 0.717) is 31.9 Å². The zero-order valence-electron chi connectivity index (χ0n) is 13.0. The van der Waals surface area contributed by atoms with Crippen molar-refractivity contribution >= 4 is 5.91 Å². The molecule has 1 aliphatic carbocycles. The number of alkyl halides is 2. The number of nitrogens with zero attached hydrogens (tertiary/aromatic N) is 1. The average molecular weight is 303 g/mol. The molecule has 0 aromatic heterocycles. The fourth-order valence-electron chi connectivity index (χ4n) is 3.59. The summed E-state index contributed by atoms with van der Waals surface area (Å²) in [5, 5.41) is 0. The summed E-state index contributed by atoms with van der Waals surface area (Å²) >= 11 is 0. The average Bonchev–Trinajstić information content (AvgIpc) is 2.68. The Labute approximate surface area is 126 Å². The zero-order chi connectivity index (χ0) is 15.3. The third-order valence-corrected chi connectivity index (χ3v) is 4.80. The first-order valence-electron chi connectivity index (χ1n) is 8.17. The summed E-state index contributed by atoms with van der Waals surface area (Å²) in [4.78, 5) is 14.4. The van der Waals surface area contributed by atoms with Crippen LogP contribution in [0, 0.1) is 11.8 Å². The molecule has 5 heteroatoms. The van der Waals surface area contributed by atoms with Crippen molar-refractivity contribution in [3.63, 3.8) is 0 Å². The molecular weight excluding hydrogens is 276 g/mol. The number of hydrogen-bond acceptors (Lipinski definition) is 2. The number of methoxy groups -OCH3 is 1. The molecule has 1 saturated heterocycles. The van der Waals surface area contributed by atoms with Crippen LogP contribution in [0.1, 0.15) is 51.4 Å². The Morgan fingerprint density at radius 3 is 2.81 bits per heavy atom. The molecule has 122 valence electrons. The Morgan fingerprint density at radius 1 is 1.29 bits per heavy atom. The van der Waals surface area contributed by atoms with Gasteiger partial charge in [-0.2, -0.15) is 0 Å². The SMILES string of the molecule is COCC[C@H]1CCCCN(C(=O)[C@H]2CCCC(F)(F)C2)C1. The highest BCUT2D eigenvalue weighted by molar-refractivity contribution is 5.79. The Hall–Kier alpha value is -0.710. The van der Waals surface area contributed by atoms with Crippen LogP contribution in [0.4, 0.5) is 8.78 Å². The van der Waals surface area contributed by atoms with Gasteiger partial charge in [-0.15, -0.1) is 0 Å². The first-order chi connectivity index (χ1) is 10.0. The fraction of sp³-hybridized carbons (Fsp3) is 0.938. The van der Waals surface area contributed by atoms with E-state index < -0.39 is 11.8 Å². The van der Waals surface area contributed by atoms with E-state index in [0.717, 1.165) is 32.2 Å². The second kappa shape index (κ2) is 7.52. The van der Waals surface area contributed by atoms with Gasteiger partial charge in [-0.3, -0.25) is 4.79 Å². The van der Waals surface area contributed by atoms with Crippen LogP contribution in [-0.4, -0.2) is 43.5 Å². The summed E-state index contributed by atoms with van der Waals surface area (Å²) in [6, 6.07) is 0. The van der Waals surface area contributed by atoms with Crippen LogP contribution in [-0.2, 0) is 9.53 Å². The number of rotatable bonds is 4. The molecule has 2 atom stereocenters. The molecule has 2 fully saturated rings. The van der Waals surface area contributed by atoms with Crippen molar-refractivity contribution in [3.8, 4) is 0 Å². The summed E-state index contributed by atoms with van der Waals surface area (Å²) < 4.78 is 32.2. The largest absolute Gasteiger partial charge is 0.385 e. The van der Waals surface area contributed by atoms with E-state index in [4.69, 9.17) is 4.74 Å². The van der Waals surface area contributed by atoms with E-state index in [-0.39, 0.29) is 18.7 Å². The molecule has 0 radical (unpaired) electrons. The van der Waals surface area contributed by atoms with Crippen LogP contribution in [0.25, 0.3) is 0 Å². The lowest BCUT2D eigenvalue weighted by molar-refractivity contribution is -0.143. The molecule has 1 heterocycles. The number of halogens is 2. The van der Waals surface area contributed by atoms with Gasteiger partial charge in [0.05, 0.1) is 0 Å². The van der Waals surface area contributed by atoms with Crippen LogP contribution in [0.3, 0.4) is 0 Å². The van der Waals surface area contributed by atoms with Crippen LogP contribution in [0.5, 0.6) is 0 Å². The quantitative estimate of drug-likeness (QED) is 0.796. The lowest BCUT2D eigenvalue weighted by Gasteiger charge is -2.33. The van der Waals surface area contributed by atoms with Crippen molar-refractivity contribution in [1.82, 2.24) is 4.90 Å². The van der Waals surface area contributed by atoms with Gasteiger partial charge in [-0.25, -0.2) is 8.78 Å². The van der Waals surface area contributed by atoms with Crippen LogP contribution >= 0.6 is 0 Å². The normalized spacial score (nSPS) is 30.0. The molecule has 3 nitrogen and oxygen atoms in total. The minimum absolute atomic E-state index is 0.0429. The third kappa shape index (κ3) is 4.90. The standard InChI is InChI=1S/C16H27F2NO2/c1-21-10-7-13-5-2-3-9-19(12-13)15(20)14-6-4-8-16(17,18)11-14/h13-14H,2-12H2,1H3/t13-,14+/m1/s1. The summed E-state index contributed by atoms with van der Waals surface area (Å²) in [5.41, 5.74) is 0. The highest BCUT2D eigenvalue weighted by atomic mass is 19.3. The van der Waals surface area contributed by atoms with Gasteiger partial charge in [-0.05, 0) is 38.0 Å². The fourth-order valence-corrected chi connectivity index (χ4v) is 3.59. The summed E-state index contributed by atoms with van der Waals surface area (Å²) in [5.74, 6) is -2.73.